The minimum atomic E-state index is 0.0628. The van der Waals surface area contributed by atoms with Crippen LogP contribution in [0.3, 0.4) is 0 Å². The second-order valence-electron chi connectivity index (χ2n) is 9.16. The number of H-pyrrole nitrogens is 2. The largest absolute Gasteiger partial charge is 0.290 e. The van der Waals surface area contributed by atoms with Gasteiger partial charge in [0.1, 0.15) is 5.82 Å². The van der Waals surface area contributed by atoms with Gasteiger partial charge in [-0.1, -0.05) is 81.1 Å². The molecule has 174 valence electrons. The Morgan fingerprint density at radius 3 is 2.62 bits per heavy atom. The van der Waals surface area contributed by atoms with Crippen molar-refractivity contribution in [1.29, 1.82) is 0 Å². The summed E-state index contributed by atoms with van der Waals surface area (Å²) in [5.74, 6) is 2.51. The molecule has 0 radical (unpaired) electrons. The molecule has 5 rings (SSSR count). The maximum atomic E-state index is 13.0. The van der Waals surface area contributed by atoms with Crippen molar-refractivity contribution in [3.63, 3.8) is 0 Å². The third-order valence-electron chi connectivity index (χ3n) is 6.77. The first-order chi connectivity index (χ1) is 16.7. The van der Waals surface area contributed by atoms with Gasteiger partial charge in [-0.2, -0.15) is 5.10 Å². The number of carbonyl (C=O) groups is 1. The molecular formula is C26H29N7O. The third kappa shape index (κ3) is 4.81. The molecule has 1 aliphatic carbocycles. The Bertz CT molecular complexity index is 1230. The molecule has 2 aromatic carbocycles. The van der Waals surface area contributed by atoms with E-state index in [4.69, 9.17) is 0 Å². The van der Waals surface area contributed by atoms with Gasteiger partial charge in [-0.15, -0.1) is 5.10 Å². The van der Waals surface area contributed by atoms with E-state index in [1.807, 2.05) is 18.2 Å². The van der Waals surface area contributed by atoms with Crippen LogP contribution in [0.1, 0.15) is 67.5 Å². The number of ketones is 1. The summed E-state index contributed by atoms with van der Waals surface area (Å²) in [7, 11) is 0. The van der Waals surface area contributed by atoms with Crippen molar-refractivity contribution >= 4 is 5.78 Å². The average Bonchev–Trinajstić information content (AvgIpc) is 3.57. The van der Waals surface area contributed by atoms with Crippen molar-refractivity contribution in [2.45, 2.75) is 51.9 Å². The molecule has 0 bridgehead atoms. The molecular weight excluding hydrogens is 426 g/mol. The highest BCUT2D eigenvalue weighted by Crippen LogP contribution is 2.33. The molecule has 0 saturated heterocycles. The second-order valence-corrected chi connectivity index (χ2v) is 9.16. The smallest absolute Gasteiger partial charge is 0.217 e. The zero-order chi connectivity index (χ0) is 23.3. The predicted octanol–water partition coefficient (Wildman–Crippen LogP) is 5.03. The van der Waals surface area contributed by atoms with Crippen molar-refractivity contribution in [2.24, 2.45) is 11.8 Å². The fourth-order valence-corrected chi connectivity index (χ4v) is 5.08. The maximum absolute atomic E-state index is 13.0. The molecule has 2 aromatic heterocycles. The van der Waals surface area contributed by atoms with Gasteiger partial charge in [-0.05, 0) is 45.9 Å². The highest BCUT2D eigenvalue weighted by Gasteiger charge is 2.29. The third-order valence-corrected chi connectivity index (χ3v) is 6.77. The van der Waals surface area contributed by atoms with Crippen LogP contribution < -0.4 is 0 Å². The number of nitrogens with zero attached hydrogens (tertiary/aromatic N) is 5. The van der Waals surface area contributed by atoms with Gasteiger partial charge in [-0.3, -0.25) is 9.89 Å². The quantitative estimate of drug-likeness (QED) is 0.360. The zero-order valence-corrected chi connectivity index (χ0v) is 19.4. The van der Waals surface area contributed by atoms with Crippen LogP contribution in [0.5, 0.6) is 0 Å². The number of aromatic nitrogens is 7. The Labute approximate surface area is 198 Å². The van der Waals surface area contributed by atoms with E-state index in [-0.39, 0.29) is 11.7 Å². The molecule has 4 aromatic rings. The molecule has 8 nitrogen and oxygen atoms in total. The fourth-order valence-electron chi connectivity index (χ4n) is 5.08. The van der Waals surface area contributed by atoms with Gasteiger partial charge in [0.15, 0.2) is 5.82 Å². The van der Waals surface area contributed by atoms with Crippen LogP contribution in [-0.4, -0.2) is 41.6 Å². The van der Waals surface area contributed by atoms with Crippen LogP contribution in [0.15, 0.2) is 48.5 Å². The van der Waals surface area contributed by atoms with E-state index >= 15 is 0 Å². The minimum Gasteiger partial charge on any atom is -0.290 e. The minimum absolute atomic E-state index is 0.0628. The summed E-state index contributed by atoms with van der Waals surface area (Å²) in [4.78, 5) is 17.5. The Hall–Kier alpha value is -3.68. The van der Waals surface area contributed by atoms with E-state index in [0.29, 0.717) is 29.8 Å². The molecule has 1 aliphatic rings. The van der Waals surface area contributed by atoms with E-state index in [0.717, 1.165) is 41.5 Å². The number of aromatic amines is 2. The molecule has 1 fully saturated rings. The van der Waals surface area contributed by atoms with Crippen molar-refractivity contribution in [3.05, 3.63) is 65.7 Å². The van der Waals surface area contributed by atoms with Crippen LogP contribution in [0.4, 0.5) is 0 Å². The molecule has 0 amide bonds. The number of carbonyl (C=O) groups excluding carboxylic acids is 1. The molecule has 2 atom stereocenters. The van der Waals surface area contributed by atoms with Crippen LogP contribution in [0.2, 0.25) is 0 Å². The lowest BCUT2D eigenvalue weighted by molar-refractivity contribution is 0.0849. The number of tetrazole rings is 1. The maximum Gasteiger partial charge on any atom is 0.217 e. The van der Waals surface area contributed by atoms with E-state index in [1.54, 1.807) is 0 Å². The van der Waals surface area contributed by atoms with Gasteiger partial charge < -0.3 is 0 Å². The van der Waals surface area contributed by atoms with E-state index in [2.05, 4.69) is 73.1 Å². The number of Topliss-reactive ketones (excluding diaryl/α,β-unsaturated/α-hetero) is 1. The Morgan fingerprint density at radius 2 is 1.85 bits per heavy atom. The van der Waals surface area contributed by atoms with Gasteiger partial charge in [0.2, 0.25) is 11.6 Å². The fraction of sp³-hybridized carbons (Fsp3) is 0.385. The van der Waals surface area contributed by atoms with Crippen molar-refractivity contribution in [1.82, 2.24) is 35.8 Å². The summed E-state index contributed by atoms with van der Waals surface area (Å²) in [6.07, 6.45) is 7.28. The van der Waals surface area contributed by atoms with Gasteiger partial charge >= 0.3 is 0 Å². The number of nitrogens with one attached hydrogen (secondary N) is 2. The van der Waals surface area contributed by atoms with Crippen LogP contribution >= 0.6 is 0 Å². The first kappa shape index (κ1) is 22.1. The van der Waals surface area contributed by atoms with Crippen molar-refractivity contribution in [2.75, 3.05) is 0 Å². The summed E-state index contributed by atoms with van der Waals surface area (Å²) in [5, 5.41) is 21.5. The van der Waals surface area contributed by atoms with E-state index in [1.165, 1.54) is 19.3 Å². The summed E-state index contributed by atoms with van der Waals surface area (Å²) in [6, 6.07) is 16.3. The van der Waals surface area contributed by atoms with Gasteiger partial charge in [0.05, 0.1) is 0 Å². The lowest BCUT2D eigenvalue weighted by Gasteiger charge is -2.27. The highest BCUT2D eigenvalue weighted by molar-refractivity contribution is 5.94. The molecule has 8 heteroatoms. The van der Waals surface area contributed by atoms with Crippen LogP contribution in [0, 0.1) is 11.8 Å². The molecule has 2 heterocycles. The zero-order valence-electron chi connectivity index (χ0n) is 19.4. The number of hydrogen-bond acceptors (Lipinski definition) is 6. The number of benzene rings is 2. The predicted molar refractivity (Wildman–Crippen MR) is 129 cm³/mol. The monoisotopic (exact) mass is 455 g/mol. The highest BCUT2D eigenvalue weighted by atomic mass is 16.1. The standard InChI is InChI=1S/C26H29N7O/c1-2-6-17-7-5-8-20(15-17)24(34)26-27-23(28-29-26)16-18-11-13-19(14-12-18)21-9-3-4-10-22(21)25-30-32-33-31-25/h3-4,9-14,17,20H,2,5-8,15-16H2,1H3,(H,27,28,29)(H,30,31,32,33). The first-order valence-electron chi connectivity index (χ1n) is 12.1. The van der Waals surface area contributed by atoms with Gasteiger partial charge in [0.25, 0.3) is 0 Å². The lowest BCUT2D eigenvalue weighted by atomic mass is 9.77. The topological polar surface area (TPSA) is 113 Å². The Balaban J connectivity index is 1.27. The van der Waals surface area contributed by atoms with Gasteiger partial charge in [0, 0.05) is 17.9 Å². The number of rotatable bonds is 8. The van der Waals surface area contributed by atoms with Crippen molar-refractivity contribution < 1.29 is 4.79 Å². The average molecular weight is 456 g/mol. The summed E-state index contributed by atoms with van der Waals surface area (Å²) >= 11 is 0. The van der Waals surface area contributed by atoms with E-state index < -0.39 is 0 Å². The molecule has 34 heavy (non-hydrogen) atoms. The lowest BCUT2D eigenvalue weighted by Crippen LogP contribution is -2.24. The molecule has 1 saturated carbocycles. The normalized spacial score (nSPS) is 18.1. The summed E-state index contributed by atoms with van der Waals surface area (Å²) < 4.78 is 0. The second kappa shape index (κ2) is 10.1. The van der Waals surface area contributed by atoms with Crippen molar-refractivity contribution in [3.8, 4) is 22.5 Å². The molecule has 0 aliphatic heterocycles. The first-order valence-corrected chi connectivity index (χ1v) is 12.1. The van der Waals surface area contributed by atoms with Crippen LogP contribution in [0.25, 0.3) is 22.5 Å². The van der Waals surface area contributed by atoms with Crippen LogP contribution in [-0.2, 0) is 6.42 Å². The molecule has 2 N–H and O–H groups in total. The van der Waals surface area contributed by atoms with Gasteiger partial charge in [-0.25, -0.2) is 10.1 Å². The SMILES string of the molecule is CCCC1CCCC(C(=O)c2n[nH]c(Cc3ccc(-c4ccccc4-c4nnn[nH]4)cc3)n2)C1. The number of hydrogen-bond donors (Lipinski definition) is 2. The Morgan fingerprint density at radius 1 is 1.03 bits per heavy atom. The van der Waals surface area contributed by atoms with E-state index in [9.17, 15) is 4.79 Å². The summed E-state index contributed by atoms with van der Waals surface area (Å²) in [6.45, 7) is 2.21. The molecule has 2 unspecified atom stereocenters. The molecule has 0 spiro atoms. The summed E-state index contributed by atoms with van der Waals surface area (Å²) in [5.41, 5.74) is 4.16. The Kier molecular flexibility index (Phi) is 6.56.